The molecule has 25 heavy (non-hydrogen) atoms. The first-order valence-electron chi connectivity index (χ1n) is 8.39. The van der Waals surface area contributed by atoms with Gasteiger partial charge in [-0.25, -0.2) is 0 Å². The molecule has 2 heterocycles. The van der Waals surface area contributed by atoms with E-state index in [1.807, 2.05) is 37.4 Å². The highest BCUT2D eigenvalue weighted by Gasteiger charge is 2.23. The number of nitrogens with one attached hydrogen (secondary N) is 1. The third kappa shape index (κ3) is 4.48. The Morgan fingerprint density at radius 2 is 2.16 bits per heavy atom. The lowest BCUT2D eigenvalue weighted by molar-refractivity contribution is -0.130. The Balaban J connectivity index is 1.61. The van der Waals surface area contributed by atoms with Crippen LogP contribution >= 0.6 is 0 Å². The van der Waals surface area contributed by atoms with Crippen molar-refractivity contribution >= 4 is 5.91 Å². The van der Waals surface area contributed by atoms with Crippen LogP contribution in [0.2, 0.25) is 0 Å². The Morgan fingerprint density at radius 3 is 2.88 bits per heavy atom. The molecule has 0 aliphatic carbocycles. The van der Waals surface area contributed by atoms with E-state index < -0.39 is 0 Å². The van der Waals surface area contributed by atoms with Gasteiger partial charge in [0.25, 0.3) is 0 Å². The van der Waals surface area contributed by atoms with Gasteiger partial charge in [0.1, 0.15) is 12.7 Å². The van der Waals surface area contributed by atoms with Gasteiger partial charge in [-0.15, -0.1) is 0 Å². The van der Waals surface area contributed by atoms with Crippen LogP contribution in [0.1, 0.15) is 24.1 Å². The minimum Gasteiger partial charge on any atom is -0.483 e. The Bertz CT molecular complexity index is 780. The number of amides is 1. The summed E-state index contributed by atoms with van der Waals surface area (Å²) in [6.07, 6.45) is 2.94. The molecule has 0 radical (unpaired) electrons. The highest BCUT2D eigenvalue weighted by atomic mass is 16.5. The van der Waals surface area contributed by atoms with Crippen LogP contribution in [0.5, 0.6) is 5.75 Å². The molecule has 6 nitrogen and oxygen atoms in total. The summed E-state index contributed by atoms with van der Waals surface area (Å²) < 4.78 is 12.8. The molecule has 1 atom stereocenters. The summed E-state index contributed by atoms with van der Waals surface area (Å²) in [6, 6.07) is 11.2. The fraction of sp³-hybridized carbons (Fsp3) is 0.368. The monoisotopic (exact) mass is 342 g/mol. The molecule has 1 aliphatic rings. The van der Waals surface area contributed by atoms with E-state index in [0.29, 0.717) is 24.7 Å². The lowest BCUT2D eigenvalue weighted by Crippen LogP contribution is -2.34. The largest absolute Gasteiger partial charge is 0.483 e. The molecule has 0 bridgehead atoms. The molecule has 132 valence electrons. The number of benzene rings is 1. The van der Waals surface area contributed by atoms with E-state index in [9.17, 15) is 9.59 Å². The summed E-state index contributed by atoms with van der Waals surface area (Å²) in [6.45, 7) is 1.25. The number of hydrogen-bond donors (Lipinski definition) is 1. The van der Waals surface area contributed by atoms with E-state index in [0.717, 1.165) is 18.4 Å². The molecule has 2 aromatic rings. The smallest absolute Gasteiger partial charge is 0.249 e. The zero-order valence-electron chi connectivity index (χ0n) is 14.2. The van der Waals surface area contributed by atoms with Crippen molar-refractivity contribution in [3.63, 3.8) is 0 Å². The first kappa shape index (κ1) is 17.2. The molecule has 1 aromatic heterocycles. The second-order valence-electron chi connectivity index (χ2n) is 6.10. The maximum absolute atomic E-state index is 12.2. The number of pyridine rings is 1. The molecule has 1 fully saturated rings. The van der Waals surface area contributed by atoms with Crippen molar-refractivity contribution in [3.8, 4) is 5.75 Å². The Morgan fingerprint density at radius 1 is 1.36 bits per heavy atom. The first-order valence-corrected chi connectivity index (χ1v) is 8.39. The van der Waals surface area contributed by atoms with Gasteiger partial charge in [0.2, 0.25) is 11.3 Å². The highest BCUT2D eigenvalue weighted by Crippen LogP contribution is 2.12. The van der Waals surface area contributed by atoms with Crippen LogP contribution in [-0.2, 0) is 29.7 Å². The number of aromatic nitrogens is 1. The lowest BCUT2D eigenvalue weighted by Gasteiger charge is -2.14. The number of carbonyl (C=O) groups is 1. The van der Waals surface area contributed by atoms with Crippen LogP contribution in [0.15, 0.2) is 47.4 Å². The number of rotatable bonds is 6. The zero-order valence-corrected chi connectivity index (χ0v) is 14.2. The van der Waals surface area contributed by atoms with Gasteiger partial charge < -0.3 is 19.4 Å². The van der Waals surface area contributed by atoms with Crippen molar-refractivity contribution in [3.05, 3.63) is 64.1 Å². The normalized spacial score (nSPS) is 16.6. The predicted molar refractivity (Wildman–Crippen MR) is 93.3 cm³/mol. The number of ether oxygens (including phenoxy) is 2. The molecule has 1 aliphatic heterocycles. The standard InChI is InChI=1S/C19H22N2O4/c1-21-12-18(25-13-14-6-3-2-4-7-14)16(22)10-15(21)11-20-19(23)17-8-5-9-24-17/h2-4,6-7,10,12,17H,5,8-9,11,13H2,1H3,(H,20,23). The van der Waals surface area contributed by atoms with Gasteiger partial charge in [-0.05, 0) is 18.4 Å². The second kappa shape index (κ2) is 7.98. The molecule has 6 heteroatoms. The van der Waals surface area contributed by atoms with E-state index in [2.05, 4.69) is 5.32 Å². The van der Waals surface area contributed by atoms with Crippen molar-refractivity contribution in [2.75, 3.05) is 6.61 Å². The summed E-state index contributed by atoms with van der Waals surface area (Å²) in [4.78, 5) is 24.2. The van der Waals surface area contributed by atoms with Crippen molar-refractivity contribution in [1.29, 1.82) is 0 Å². The molecular weight excluding hydrogens is 320 g/mol. The molecule has 0 saturated carbocycles. The molecule has 3 rings (SSSR count). The van der Waals surface area contributed by atoms with Gasteiger partial charge in [-0.1, -0.05) is 30.3 Å². The number of aryl methyl sites for hydroxylation is 1. The average molecular weight is 342 g/mol. The summed E-state index contributed by atoms with van der Waals surface area (Å²) in [5.74, 6) is 0.162. The molecule has 1 unspecified atom stereocenters. The van der Waals surface area contributed by atoms with Gasteiger partial charge in [-0.3, -0.25) is 9.59 Å². The fourth-order valence-corrected chi connectivity index (χ4v) is 2.74. The van der Waals surface area contributed by atoms with Gasteiger partial charge in [0.15, 0.2) is 5.75 Å². The van der Waals surface area contributed by atoms with Crippen molar-refractivity contribution in [1.82, 2.24) is 9.88 Å². The minimum absolute atomic E-state index is 0.130. The van der Waals surface area contributed by atoms with E-state index in [1.165, 1.54) is 6.07 Å². The molecule has 1 amide bonds. The number of nitrogens with zero attached hydrogens (tertiary/aromatic N) is 1. The highest BCUT2D eigenvalue weighted by molar-refractivity contribution is 5.80. The first-order chi connectivity index (χ1) is 12.1. The summed E-state index contributed by atoms with van der Waals surface area (Å²) in [5, 5.41) is 2.82. The van der Waals surface area contributed by atoms with E-state index in [-0.39, 0.29) is 24.0 Å². The fourth-order valence-electron chi connectivity index (χ4n) is 2.74. The molecule has 1 aromatic carbocycles. The third-order valence-electron chi connectivity index (χ3n) is 4.21. The lowest BCUT2D eigenvalue weighted by atomic mass is 10.2. The van der Waals surface area contributed by atoms with Gasteiger partial charge in [-0.2, -0.15) is 0 Å². The maximum atomic E-state index is 12.2. The minimum atomic E-state index is -0.370. The molecule has 0 spiro atoms. The van der Waals surface area contributed by atoms with Crippen LogP contribution in [0.4, 0.5) is 0 Å². The van der Waals surface area contributed by atoms with E-state index in [4.69, 9.17) is 9.47 Å². The van der Waals surface area contributed by atoms with Crippen molar-refractivity contribution in [2.45, 2.75) is 32.1 Å². The SMILES string of the molecule is Cn1cc(OCc2ccccc2)c(=O)cc1CNC(=O)C1CCCO1. The summed E-state index contributed by atoms with van der Waals surface area (Å²) in [5.41, 5.74) is 1.51. The zero-order chi connectivity index (χ0) is 17.6. The van der Waals surface area contributed by atoms with Crippen molar-refractivity contribution in [2.24, 2.45) is 7.05 Å². The number of hydrogen-bond acceptors (Lipinski definition) is 4. The van der Waals surface area contributed by atoms with Crippen LogP contribution in [0.25, 0.3) is 0 Å². The Labute approximate surface area is 146 Å². The van der Waals surface area contributed by atoms with Crippen LogP contribution in [0.3, 0.4) is 0 Å². The molecule has 1 N–H and O–H groups in total. The average Bonchev–Trinajstić information content (AvgIpc) is 3.16. The maximum Gasteiger partial charge on any atom is 0.249 e. The topological polar surface area (TPSA) is 69.6 Å². The quantitative estimate of drug-likeness (QED) is 0.868. The summed E-state index contributed by atoms with van der Waals surface area (Å²) >= 11 is 0. The van der Waals surface area contributed by atoms with Crippen LogP contribution < -0.4 is 15.5 Å². The third-order valence-corrected chi connectivity index (χ3v) is 4.21. The summed E-state index contributed by atoms with van der Waals surface area (Å²) in [7, 11) is 1.82. The van der Waals surface area contributed by atoms with Crippen LogP contribution in [-0.4, -0.2) is 23.2 Å². The van der Waals surface area contributed by atoms with E-state index in [1.54, 1.807) is 10.8 Å². The number of carbonyl (C=O) groups excluding carboxylic acids is 1. The molecular formula is C19H22N2O4. The van der Waals surface area contributed by atoms with Crippen molar-refractivity contribution < 1.29 is 14.3 Å². The predicted octanol–water partition coefficient (Wildman–Crippen LogP) is 1.76. The Hall–Kier alpha value is -2.60. The Kier molecular flexibility index (Phi) is 5.50. The van der Waals surface area contributed by atoms with Gasteiger partial charge in [0.05, 0.1) is 12.7 Å². The van der Waals surface area contributed by atoms with Crippen LogP contribution in [0, 0.1) is 0 Å². The van der Waals surface area contributed by atoms with Gasteiger partial charge in [0, 0.05) is 25.4 Å². The van der Waals surface area contributed by atoms with Gasteiger partial charge >= 0.3 is 0 Å². The second-order valence-corrected chi connectivity index (χ2v) is 6.10. The molecule has 1 saturated heterocycles. The van der Waals surface area contributed by atoms with E-state index >= 15 is 0 Å².